The van der Waals surface area contributed by atoms with Crippen molar-refractivity contribution in [2.45, 2.75) is 12.8 Å². The van der Waals surface area contributed by atoms with E-state index in [0.717, 1.165) is 9.58 Å². The Balaban J connectivity index is 1.86. The molecule has 110 valence electrons. The second-order valence-electron chi connectivity index (χ2n) is 3.29. The maximum Gasteiger partial charge on any atom is 0.263 e. The first-order valence-electron chi connectivity index (χ1n) is 5.57. The lowest BCUT2D eigenvalue weighted by Gasteiger charge is -1.91. The molecule has 2 aromatic rings. The zero-order valence-corrected chi connectivity index (χ0v) is 10.7. The number of rotatable bonds is 7. The molecule has 0 radical (unpaired) electrons. The van der Waals surface area contributed by atoms with Crippen LogP contribution in [0.3, 0.4) is 0 Å². The third kappa shape index (κ3) is 3.80. The summed E-state index contributed by atoms with van der Waals surface area (Å²) < 4.78 is 0. The van der Waals surface area contributed by atoms with Gasteiger partial charge in [-0.1, -0.05) is 0 Å². The van der Waals surface area contributed by atoms with E-state index in [4.69, 9.17) is 11.1 Å². The number of nitrogens with zero attached hydrogens (tertiary/aromatic N) is 16. The van der Waals surface area contributed by atoms with Gasteiger partial charge < -0.3 is 0 Å². The van der Waals surface area contributed by atoms with E-state index in [0.29, 0.717) is 12.8 Å². The Morgan fingerprint density at radius 1 is 0.864 bits per heavy atom. The van der Waals surface area contributed by atoms with Crippen LogP contribution in [-0.2, 0) is 0 Å². The lowest BCUT2D eigenvalue weighted by Crippen LogP contribution is -1.94. The summed E-state index contributed by atoms with van der Waals surface area (Å²) in [5, 5.41) is 34.8. The van der Waals surface area contributed by atoms with Crippen molar-refractivity contribution in [1.29, 1.82) is 0 Å². The van der Waals surface area contributed by atoms with Crippen molar-refractivity contribution in [2.24, 2.45) is 20.4 Å². The van der Waals surface area contributed by atoms with Gasteiger partial charge in [-0.15, -0.1) is 19.8 Å². The molecule has 2 aromatic heterocycles. The molecule has 0 unspecified atom stereocenters. The van der Waals surface area contributed by atoms with Crippen LogP contribution < -0.4 is 0 Å². The summed E-state index contributed by atoms with van der Waals surface area (Å²) in [5.74, 6) is -0.139. The Hall–Kier alpha value is -3.90. The van der Waals surface area contributed by atoms with Crippen molar-refractivity contribution in [1.82, 2.24) is 40.6 Å². The van der Waals surface area contributed by atoms with Crippen LogP contribution in [0.4, 0.5) is 11.9 Å². The summed E-state index contributed by atoms with van der Waals surface area (Å²) in [7, 11) is 0. The summed E-state index contributed by atoms with van der Waals surface area (Å²) >= 11 is 0. The molecule has 16 heteroatoms. The molecule has 0 aliphatic rings. The number of tetrazole rings is 2. The van der Waals surface area contributed by atoms with Crippen LogP contribution in [0.2, 0.25) is 0 Å². The molecule has 16 nitrogen and oxygen atoms in total. The first-order valence-corrected chi connectivity index (χ1v) is 5.57. The largest absolute Gasteiger partial charge is 0.263 e. The second kappa shape index (κ2) is 7.63. The molecule has 2 rings (SSSR count). The molecule has 0 N–H and O–H groups in total. The van der Waals surface area contributed by atoms with Gasteiger partial charge in [0.25, 0.3) is 11.9 Å². The average molecular weight is 302 g/mol. The maximum absolute atomic E-state index is 8.29. The van der Waals surface area contributed by atoms with Crippen molar-refractivity contribution < 1.29 is 0 Å². The molecule has 0 aliphatic heterocycles. The van der Waals surface area contributed by atoms with Gasteiger partial charge in [0, 0.05) is 22.3 Å². The number of hydrogen-bond donors (Lipinski definition) is 0. The summed E-state index contributed by atoms with van der Waals surface area (Å²) in [4.78, 5) is 7.09. The van der Waals surface area contributed by atoms with Crippen molar-refractivity contribution in [3.63, 3.8) is 0 Å². The van der Waals surface area contributed by atoms with E-state index in [1.54, 1.807) is 0 Å². The van der Waals surface area contributed by atoms with Gasteiger partial charge in [-0.3, -0.25) is 0 Å². The third-order valence-corrected chi connectivity index (χ3v) is 1.95. The fraction of sp³-hybridized carbons (Fsp3) is 0.333. The highest BCUT2D eigenvalue weighted by Crippen LogP contribution is 2.04. The Morgan fingerprint density at radius 3 is 1.73 bits per heavy atom. The molecular formula is C6H6N16. The minimum absolute atomic E-state index is 0.0693. The van der Waals surface area contributed by atoms with Crippen molar-refractivity contribution in [3.8, 4) is 0 Å². The van der Waals surface area contributed by atoms with E-state index in [-0.39, 0.29) is 11.9 Å². The van der Waals surface area contributed by atoms with Crippen LogP contribution >= 0.6 is 0 Å². The fourth-order valence-electron chi connectivity index (χ4n) is 1.12. The Labute approximate surface area is 120 Å². The zero-order valence-electron chi connectivity index (χ0n) is 10.7. The molecule has 22 heavy (non-hydrogen) atoms. The SMILES string of the molecule is [N-]=[N+]=Nc1nnnn1/N=C/CC/C=N/n1nnnc1N=[N+]=[N-]. The van der Waals surface area contributed by atoms with E-state index < -0.39 is 0 Å². The Morgan fingerprint density at radius 2 is 1.32 bits per heavy atom. The predicted octanol–water partition coefficient (Wildman–Crippen LogP) is 0.691. The molecular weight excluding hydrogens is 296 g/mol. The Bertz CT molecular complexity index is 698. The quantitative estimate of drug-likeness (QED) is 0.236. The van der Waals surface area contributed by atoms with Gasteiger partial charge in [0.15, 0.2) is 0 Å². The second-order valence-corrected chi connectivity index (χ2v) is 3.29. The fourth-order valence-corrected chi connectivity index (χ4v) is 1.12. The van der Waals surface area contributed by atoms with Gasteiger partial charge in [-0.2, -0.15) is 10.2 Å². The highest BCUT2D eigenvalue weighted by molar-refractivity contribution is 5.65. The van der Waals surface area contributed by atoms with Gasteiger partial charge in [0.2, 0.25) is 0 Å². The normalized spacial score (nSPS) is 10.7. The first-order chi connectivity index (χ1) is 10.8. The smallest absolute Gasteiger partial charge is 0.160 e. The van der Waals surface area contributed by atoms with Crippen LogP contribution in [0.5, 0.6) is 0 Å². The molecule has 0 atom stereocenters. The molecule has 0 bridgehead atoms. The van der Waals surface area contributed by atoms with Gasteiger partial charge in [0.1, 0.15) is 0 Å². The topological polar surface area (TPSA) is 209 Å². The summed E-state index contributed by atoms with van der Waals surface area (Å²) in [6.07, 6.45) is 4.01. The van der Waals surface area contributed by atoms with Crippen LogP contribution in [0.25, 0.3) is 20.9 Å². The summed E-state index contributed by atoms with van der Waals surface area (Å²) in [6, 6.07) is 0. The highest BCUT2D eigenvalue weighted by atomic mass is 15.7. The van der Waals surface area contributed by atoms with Crippen LogP contribution in [0.1, 0.15) is 12.8 Å². The van der Waals surface area contributed by atoms with Crippen LogP contribution in [0.15, 0.2) is 20.4 Å². The molecule has 2 heterocycles. The van der Waals surface area contributed by atoms with Crippen molar-refractivity contribution in [2.75, 3.05) is 0 Å². The van der Waals surface area contributed by atoms with Crippen LogP contribution in [0, 0.1) is 0 Å². The third-order valence-electron chi connectivity index (χ3n) is 1.95. The lowest BCUT2D eigenvalue weighted by atomic mass is 10.3. The van der Waals surface area contributed by atoms with Crippen molar-refractivity contribution in [3.05, 3.63) is 20.9 Å². The Kier molecular flexibility index (Phi) is 5.03. The monoisotopic (exact) mass is 302 g/mol. The molecule has 0 spiro atoms. The minimum Gasteiger partial charge on any atom is -0.160 e. The summed E-state index contributed by atoms with van der Waals surface area (Å²) in [5.41, 5.74) is 16.6. The van der Waals surface area contributed by atoms with Gasteiger partial charge in [0.05, 0.1) is 0 Å². The van der Waals surface area contributed by atoms with Crippen LogP contribution in [-0.4, -0.2) is 53.1 Å². The number of hydrogen-bond acceptors (Lipinski definition) is 10. The standard InChI is InChI=1S/C6H6N16/c7-15-11-5-13-17-19-21(5)9-3-1-2-4-10-22-6(12-16-8)14-18-20-22/h3-4H,1-2H2/b9-3+,10-4+. The zero-order chi connectivity index (χ0) is 15.6. The maximum atomic E-state index is 8.29. The number of aromatic nitrogens is 8. The molecule has 0 amide bonds. The molecule has 0 saturated heterocycles. The molecule has 0 aromatic carbocycles. The van der Waals surface area contributed by atoms with E-state index in [1.807, 2.05) is 0 Å². The first kappa shape index (κ1) is 14.5. The predicted molar refractivity (Wildman–Crippen MR) is 70.3 cm³/mol. The van der Waals surface area contributed by atoms with Crippen molar-refractivity contribution >= 4 is 24.3 Å². The van der Waals surface area contributed by atoms with E-state index in [9.17, 15) is 0 Å². The highest BCUT2D eigenvalue weighted by Gasteiger charge is 2.00. The number of azide groups is 2. The summed E-state index contributed by atoms with van der Waals surface area (Å²) in [6.45, 7) is 0. The van der Waals surface area contributed by atoms with E-state index in [1.165, 1.54) is 12.4 Å². The van der Waals surface area contributed by atoms with Gasteiger partial charge >= 0.3 is 0 Å². The van der Waals surface area contributed by atoms with E-state index in [2.05, 4.69) is 61.3 Å². The molecule has 0 saturated carbocycles. The van der Waals surface area contributed by atoms with E-state index >= 15 is 0 Å². The average Bonchev–Trinajstić information content (AvgIpc) is 3.14. The lowest BCUT2D eigenvalue weighted by molar-refractivity contribution is 0.690. The number of unbranched alkanes of at least 4 members (excludes halogenated alkanes) is 1. The molecule has 0 fully saturated rings. The molecule has 0 aliphatic carbocycles. The van der Waals surface area contributed by atoms with Gasteiger partial charge in [-0.05, 0) is 55.0 Å². The van der Waals surface area contributed by atoms with Gasteiger partial charge in [-0.25, -0.2) is 0 Å². The minimum atomic E-state index is -0.0693.